The third-order valence-corrected chi connectivity index (χ3v) is 5.57. The van der Waals surface area contributed by atoms with Crippen LogP contribution in [0.25, 0.3) is 0 Å². The SMILES string of the molecule is CCOC(=O)C1CCN(C(=O)CN(C)C(=O)c2ccc(NC3CC3)c([N+](=O)[O-])c2)CC1. The second kappa shape index (κ2) is 9.76. The number of nitro groups is 1. The topological polar surface area (TPSA) is 122 Å². The summed E-state index contributed by atoms with van der Waals surface area (Å²) >= 11 is 0. The average molecular weight is 432 g/mol. The molecule has 168 valence electrons. The molecule has 1 heterocycles. The lowest BCUT2D eigenvalue weighted by Gasteiger charge is -2.32. The Bertz CT molecular complexity index is 861. The number of likely N-dealkylation sites (N-methyl/N-ethyl adjacent to an activating group) is 1. The van der Waals surface area contributed by atoms with Crippen molar-refractivity contribution < 1.29 is 24.0 Å². The average Bonchev–Trinajstić information content (AvgIpc) is 3.57. The molecule has 0 aromatic heterocycles. The number of hydrogen-bond acceptors (Lipinski definition) is 7. The number of carbonyl (C=O) groups is 3. The Morgan fingerprint density at radius 2 is 1.90 bits per heavy atom. The van der Waals surface area contributed by atoms with E-state index in [2.05, 4.69) is 5.32 Å². The van der Waals surface area contributed by atoms with Crippen LogP contribution in [0.3, 0.4) is 0 Å². The summed E-state index contributed by atoms with van der Waals surface area (Å²) in [5.41, 5.74) is 0.398. The number of piperidine rings is 1. The maximum Gasteiger partial charge on any atom is 0.309 e. The Balaban J connectivity index is 1.57. The van der Waals surface area contributed by atoms with Gasteiger partial charge in [-0.2, -0.15) is 0 Å². The third-order valence-electron chi connectivity index (χ3n) is 5.57. The summed E-state index contributed by atoms with van der Waals surface area (Å²) in [6, 6.07) is 4.57. The van der Waals surface area contributed by atoms with Crippen LogP contribution in [0.15, 0.2) is 18.2 Å². The van der Waals surface area contributed by atoms with Gasteiger partial charge in [0, 0.05) is 37.8 Å². The molecule has 1 aliphatic heterocycles. The van der Waals surface area contributed by atoms with Gasteiger partial charge in [-0.3, -0.25) is 24.5 Å². The van der Waals surface area contributed by atoms with Gasteiger partial charge in [-0.1, -0.05) is 0 Å². The van der Waals surface area contributed by atoms with Crippen molar-refractivity contribution >= 4 is 29.2 Å². The normalized spacial score (nSPS) is 16.5. The first kappa shape index (κ1) is 22.5. The molecular formula is C21H28N4O6. The van der Waals surface area contributed by atoms with E-state index in [-0.39, 0.29) is 41.6 Å². The second-order valence-corrected chi connectivity index (χ2v) is 7.98. The Labute approximate surface area is 180 Å². The van der Waals surface area contributed by atoms with Crippen LogP contribution >= 0.6 is 0 Å². The number of nitrogens with zero attached hydrogens (tertiary/aromatic N) is 3. The first-order valence-electron chi connectivity index (χ1n) is 10.5. The summed E-state index contributed by atoms with van der Waals surface area (Å²) < 4.78 is 5.03. The maximum atomic E-state index is 12.7. The van der Waals surface area contributed by atoms with Crippen LogP contribution in [-0.4, -0.2) is 71.8 Å². The van der Waals surface area contributed by atoms with Crippen molar-refractivity contribution in [2.24, 2.45) is 5.92 Å². The van der Waals surface area contributed by atoms with Crippen LogP contribution in [0.1, 0.15) is 43.0 Å². The van der Waals surface area contributed by atoms with Crippen molar-refractivity contribution in [2.75, 3.05) is 38.6 Å². The fraction of sp³-hybridized carbons (Fsp3) is 0.571. The number of likely N-dealkylation sites (tertiary alicyclic amines) is 1. The van der Waals surface area contributed by atoms with E-state index in [1.807, 2.05) is 0 Å². The summed E-state index contributed by atoms with van der Waals surface area (Å²) in [7, 11) is 1.49. The number of esters is 1. The van der Waals surface area contributed by atoms with E-state index in [1.54, 1.807) is 17.9 Å². The van der Waals surface area contributed by atoms with Crippen LogP contribution in [-0.2, 0) is 14.3 Å². The summed E-state index contributed by atoms with van der Waals surface area (Å²) in [5.74, 6) is -1.12. The predicted octanol–water partition coefficient (Wildman–Crippen LogP) is 2.04. The van der Waals surface area contributed by atoms with Gasteiger partial charge in [-0.25, -0.2) is 0 Å². The first-order valence-corrected chi connectivity index (χ1v) is 10.5. The molecule has 10 nitrogen and oxygen atoms in total. The molecule has 0 unspecified atom stereocenters. The summed E-state index contributed by atoms with van der Waals surface area (Å²) in [5, 5.41) is 14.5. The number of rotatable bonds is 8. The number of carbonyl (C=O) groups excluding carboxylic acids is 3. The van der Waals surface area contributed by atoms with Gasteiger partial charge in [-0.05, 0) is 44.7 Å². The standard InChI is InChI=1S/C21H28N4O6/c1-3-31-21(28)14-8-10-24(11-9-14)19(26)13-23(2)20(27)15-4-7-17(22-16-5-6-16)18(12-15)25(29)30/h4,7,12,14,16,22H,3,5-6,8-11,13H2,1-2H3. The Kier molecular flexibility index (Phi) is 7.09. The predicted molar refractivity (Wildman–Crippen MR) is 113 cm³/mol. The number of nitro benzene ring substituents is 1. The molecule has 0 atom stereocenters. The highest BCUT2D eigenvalue weighted by Gasteiger charge is 2.30. The number of ether oxygens (including phenoxy) is 1. The monoisotopic (exact) mass is 432 g/mol. The van der Waals surface area contributed by atoms with Crippen LogP contribution in [0.2, 0.25) is 0 Å². The molecule has 1 aromatic rings. The summed E-state index contributed by atoms with van der Waals surface area (Å²) in [6.45, 7) is 2.81. The highest BCUT2D eigenvalue weighted by Crippen LogP contribution is 2.31. The van der Waals surface area contributed by atoms with Crippen molar-refractivity contribution in [3.05, 3.63) is 33.9 Å². The minimum Gasteiger partial charge on any atom is -0.466 e. The van der Waals surface area contributed by atoms with Gasteiger partial charge in [0.15, 0.2) is 0 Å². The lowest BCUT2D eigenvalue weighted by molar-refractivity contribution is -0.384. The molecule has 1 aliphatic carbocycles. The highest BCUT2D eigenvalue weighted by atomic mass is 16.6. The van der Waals surface area contributed by atoms with Crippen LogP contribution in [0, 0.1) is 16.0 Å². The minimum absolute atomic E-state index is 0.140. The van der Waals surface area contributed by atoms with Gasteiger partial charge < -0.3 is 19.9 Å². The Morgan fingerprint density at radius 3 is 2.48 bits per heavy atom. The number of anilines is 1. The number of hydrogen-bond donors (Lipinski definition) is 1. The molecule has 1 aromatic carbocycles. The van der Waals surface area contributed by atoms with Crippen molar-refractivity contribution in [3.8, 4) is 0 Å². The number of amides is 2. The third kappa shape index (κ3) is 5.71. The van der Waals surface area contributed by atoms with Crippen LogP contribution < -0.4 is 5.32 Å². The molecule has 0 radical (unpaired) electrons. The molecule has 1 saturated carbocycles. The lowest BCUT2D eigenvalue weighted by Crippen LogP contribution is -2.45. The molecule has 2 amide bonds. The summed E-state index contributed by atoms with van der Waals surface area (Å²) in [4.78, 5) is 51.0. The molecular weight excluding hydrogens is 404 g/mol. The fourth-order valence-corrected chi connectivity index (χ4v) is 3.61. The Hall–Kier alpha value is -3.17. The molecule has 2 aliphatic rings. The zero-order chi connectivity index (χ0) is 22.5. The van der Waals surface area contributed by atoms with Gasteiger partial charge in [0.25, 0.3) is 11.6 Å². The van der Waals surface area contributed by atoms with Crippen LogP contribution in [0.5, 0.6) is 0 Å². The zero-order valence-electron chi connectivity index (χ0n) is 17.8. The van der Waals surface area contributed by atoms with Crippen molar-refractivity contribution in [1.29, 1.82) is 0 Å². The van der Waals surface area contributed by atoms with E-state index in [9.17, 15) is 24.5 Å². The van der Waals surface area contributed by atoms with E-state index in [1.165, 1.54) is 24.1 Å². The number of nitrogens with one attached hydrogen (secondary N) is 1. The van der Waals surface area contributed by atoms with Crippen molar-refractivity contribution in [1.82, 2.24) is 9.80 Å². The number of benzene rings is 1. The van der Waals surface area contributed by atoms with E-state index < -0.39 is 10.8 Å². The smallest absolute Gasteiger partial charge is 0.309 e. The first-order chi connectivity index (χ1) is 14.8. The van der Waals surface area contributed by atoms with Gasteiger partial charge in [0.05, 0.1) is 24.0 Å². The zero-order valence-corrected chi connectivity index (χ0v) is 17.8. The maximum absolute atomic E-state index is 12.7. The van der Waals surface area contributed by atoms with E-state index >= 15 is 0 Å². The van der Waals surface area contributed by atoms with Gasteiger partial charge in [-0.15, -0.1) is 0 Å². The van der Waals surface area contributed by atoms with Crippen molar-refractivity contribution in [2.45, 2.75) is 38.6 Å². The van der Waals surface area contributed by atoms with Gasteiger partial charge in [0.2, 0.25) is 5.91 Å². The second-order valence-electron chi connectivity index (χ2n) is 7.98. The van der Waals surface area contributed by atoms with Crippen LogP contribution in [0.4, 0.5) is 11.4 Å². The van der Waals surface area contributed by atoms with Crippen molar-refractivity contribution in [3.63, 3.8) is 0 Å². The lowest BCUT2D eigenvalue weighted by atomic mass is 9.97. The van der Waals surface area contributed by atoms with E-state index in [4.69, 9.17) is 4.74 Å². The molecule has 1 saturated heterocycles. The Morgan fingerprint density at radius 1 is 1.23 bits per heavy atom. The molecule has 2 fully saturated rings. The van der Waals surface area contributed by atoms with Gasteiger partial charge >= 0.3 is 5.97 Å². The fourth-order valence-electron chi connectivity index (χ4n) is 3.61. The molecule has 10 heteroatoms. The quantitative estimate of drug-likeness (QED) is 0.379. The molecule has 31 heavy (non-hydrogen) atoms. The largest absolute Gasteiger partial charge is 0.466 e. The van der Waals surface area contributed by atoms with E-state index in [0.717, 1.165) is 12.8 Å². The molecule has 0 bridgehead atoms. The molecule has 3 rings (SSSR count). The summed E-state index contributed by atoms with van der Waals surface area (Å²) in [6.07, 6.45) is 3.01. The van der Waals surface area contributed by atoms with Gasteiger partial charge in [0.1, 0.15) is 5.69 Å². The molecule has 0 spiro atoms. The molecule has 1 N–H and O–H groups in total. The van der Waals surface area contributed by atoms with E-state index in [0.29, 0.717) is 38.2 Å². The highest BCUT2D eigenvalue weighted by molar-refractivity contribution is 5.97. The minimum atomic E-state index is -0.514.